The molecule has 4 heterocycles. The van der Waals surface area contributed by atoms with Crippen LogP contribution in [-0.2, 0) is 23.7 Å². The third-order valence-corrected chi connectivity index (χ3v) is 8.96. The van der Waals surface area contributed by atoms with Gasteiger partial charge in [-0.25, -0.2) is 4.79 Å². The maximum Gasteiger partial charge on any atom is 0.337 e. The zero-order valence-corrected chi connectivity index (χ0v) is 23.0. The van der Waals surface area contributed by atoms with Gasteiger partial charge in [0, 0.05) is 19.3 Å². The zero-order valence-electron chi connectivity index (χ0n) is 23.0. The van der Waals surface area contributed by atoms with E-state index in [0.29, 0.717) is 36.3 Å². The van der Waals surface area contributed by atoms with Gasteiger partial charge in [-0.2, -0.15) is 0 Å². The van der Waals surface area contributed by atoms with Gasteiger partial charge in [0.05, 0.1) is 24.4 Å². The molecule has 38 heavy (non-hydrogen) atoms. The van der Waals surface area contributed by atoms with Gasteiger partial charge in [0.25, 0.3) is 0 Å². The number of aliphatic hydroxyl groups is 2. The molecule has 0 radical (unpaired) electrons. The van der Waals surface area contributed by atoms with Crippen molar-refractivity contribution in [2.75, 3.05) is 6.61 Å². The molecule has 3 fully saturated rings. The van der Waals surface area contributed by atoms with E-state index in [1.54, 1.807) is 6.08 Å². The Morgan fingerprint density at radius 3 is 2.71 bits per heavy atom. The minimum atomic E-state index is -1.80. The molecule has 0 amide bonds. The van der Waals surface area contributed by atoms with Crippen LogP contribution in [0, 0.1) is 11.8 Å². The summed E-state index contributed by atoms with van der Waals surface area (Å²) in [7, 11) is 0. The van der Waals surface area contributed by atoms with E-state index in [9.17, 15) is 15.0 Å². The van der Waals surface area contributed by atoms with E-state index in [1.165, 1.54) is 11.6 Å². The second-order valence-corrected chi connectivity index (χ2v) is 12.1. The third-order valence-electron chi connectivity index (χ3n) is 8.96. The molecule has 4 aliphatic heterocycles. The van der Waals surface area contributed by atoms with Crippen molar-refractivity contribution in [2.45, 2.75) is 108 Å². The van der Waals surface area contributed by atoms with Gasteiger partial charge < -0.3 is 29.2 Å². The Balaban J connectivity index is 1.52. The summed E-state index contributed by atoms with van der Waals surface area (Å²) in [5.41, 5.74) is 0.347. The Bertz CT molecular complexity index is 1090. The van der Waals surface area contributed by atoms with Crippen LogP contribution in [0.15, 0.2) is 59.3 Å². The highest BCUT2D eigenvalue weighted by Crippen LogP contribution is 2.46. The summed E-state index contributed by atoms with van der Waals surface area (Å²) in [6.45, 7) is 12.5. The maximum absolute atomic E-state index is 13.7. The molecule has 1 aliphatic carbocycles. The molecule has 3 saturated heterocycles. The van der Waals surface area contributed by atoms with Crippen molar-refractivity contribution in [3.8, 4) is 0 Å². The highest BCUT2D eigenvalue weighted by atomic mass is 16.7. The SMILES string of the molecule is C=C1C=C2C(=O)O[C@H]3C[C@@H](C/C=C(\C)C[C@@H](C)/C=C/C=C4\CO[C@H]([C@@H]1O)[C@]24O)O[C@@]1(CC[C@H](C)[C@@H](C)O1)C3. The number of carbonyl (C=O) groups is 1. The zero-order chi connectivity index (χ0) is 27.2. The van der Waals surface area contributed by atoms with Gasteiger partial charge in [-0.05, 0) is 62.2 Å². The van der Waals surface area contributed by atoms with E-state index < -0.39 is 35.7 Å². The van der Waals surface area contributed by atoms with Crippen LogP contribution in [0.1, 0.15) is 66.2 Å². The largest absolute Gasteiger partial charge is 0.459 e. The van der Waals surface area contributed by atoms with E-state index in [2.05, 4.69) is 46.4 Å². The molecule has 2 bridgehead atoms. The third kappa shape index (κ3) is 5.11. The lowest BCUT2D eigenvalue weighted by Crippen LogP contribution is -2.55. The van der Waals surface area contributed by atoms with Crippen molar-refractivity contribution in [1.82, 2.24) is 0 Å². The average molecular weight is 527 g/mol. The van der Waals surface area contributed by atoms with E-state index in [0.717, 1.165) is 19.3 Å². The molecule has 208 valence electrons. The molecule has 0 unspecified atom stereocenters. The van der Waals surface area contributed by atoms with Crippen LogP contribution in [0.5, 0.6) is 0 Å². The highest BCUT2D eigenvalue weighted by molar-refractivity contribution is 5.93. The van der Waals surface area contributed by atoms with Crippen molar-refractivity contribution in [2.24, 2.45) is 11.8 Å². The minimum absolute atomic E-state index is 0.0392. The Labute approximate surface area is 225 Å². The standard InChI is InChI=1S/C31H42O7/c1-18-7-6-8-23-17-35-28-27(32)21(4)14-26(31(23,28)34)29(33)36-25-15-24(10-9-19(2)13-18)38-30(16-25)12-11-20(3)22(5)37-30/h6-9,14,18,20,22,24-25,27-28,32,34H,4,10-13,15-17H2,1-3,5H3/b7-6+,19-9+,23-8+/t18-,20-,22+,24+,25-,27+,28+,30-,31+/m0/s1. The molecule has 7 nitrogen and oxygen atoms in total. The van der Waals surface area contributed by atoms with Gasteiger partial charge in [0.1, 0.15) is 23.9 Å². The second kappa shape index (κ2) is 10.5. The second-order valence-electron chi connectivity index (χ2n) is 12.1. The molecule has 2 N–H and O–H groups in total. The number of fused-ring (bicyclic) bond motifs is 2. The van der Waals surface area contributed by atoms with Gasteiger partial charge in [-0.1, -0.05) is 50.3 Å². The van der Waals surface area contributed by atoms with Gasteiger partial charge in [-0.3, -0.25) is 0 Å². The molecule has 9 atom stereocenters. The quantitative estimate of drug-likeness (QED) is 0.356. The van der Waals surface area contributed by atoms with Crippen LogP contribution in [0.3, 0.4) is 0 Å². The topological polar surface area (TPSA) is 94.5 Å². The van der Waals surface area contributed by atoms with Crippen molar-refractivity contribution < 1.29 is 34.0 Å². The summed E-state index contributed by atoms with van der Waals surface area (Å²) in [5.74, 6) is -0.728. The first-order valence-corrected chi connectivity index (χ1v) is 14.0. The summed E-state index contributed by atoms with van der Waals surface area (Å²) in [4.78, 5) is 13.7. The molecule has 0 saturated carbocycles. The molecule has 7 heteroatoms. The summed E-state index contributed by atoms with van der Waals surface area (Å²) in [5, 5.41) is 22.7. The van der Waals surface area contributed by atoms with Crippen LogP contribution in [0.25, 0.3) is 0 Å². The molecule has 5 aliphatic rings. The predicted octanol–water partition coefficient (Wildman–Crippen LogP) is 4.45. The lowest BCUT2D eigenvalue weighted by Gasteiger charge is -2.49. The number of esters is 1. The summed E-state index contributed by atoms with van der Waals surface area (Å²) < 4.78 is 25.0. The number of allylic oxidation sites excluding steroid dienone is 4. The first-order valence-electron chi connectivity index (χ1n) is 14.0. The van der Waals surface area contributed by atoms with Crippen LogP contribution < -0.4 is 0 Å². The van der Waals surface area contributed by atoms with E-state index in [1.807, 2.05) is 6.08 Å². The lowest BCUT2D eigenvalue weighted by atomic mass is 9.74. The average Bonchev–Trinajstić information content (AvgIpc) is 3.19. The van der Waals surface area contributed by atoms with Gasteiger partial charge in [-0.15, -0.1) is 0 Å². The monoisotopic (exact) mass is 526 g/mol. The Kier molecular flexibility index (Phi) is 7.61. The number of hydrogen-bond acceptors (Lipinski definition) is 7. The van der Waals surface area contributed by atoms with E-state index in [4.69, 9.17) is 18.9 Å². The fourth-order valence-electron chi connectivity index (χ4n) is 6.56. The smallest absolute Gasteiger partial charge is 0.337 e. The molecule has 1 spiro atoms. The maximum atomic E-state index is 13.7. The fraction of sp³-hybridized carbons (Fsp3) is 0.645. The number of hydrogen-bond donors (Lipinski definition) is 2. The molecular weight excluding hydrogens is 484 g/mol. The first-order chi connectivity index (χ1) is 18.0. The van der Waals surface area contributed by atoms with Gasteiger partial charge >= 0.3 is 5.97 Å². The number of ether oxygens (including phenoxy) is 4. The van der Waals surface area contributed by atoms with Crippen molar-refractivity contribution in [1.29, 1.82) is 0 Å². The molecular formula is C31H42O7. The summed E-state index contributed by atoms with van der Waals surface area (Å²) in [6.07, 6.45) is 11.0. The lowest BCUT2D eigenvalue weighted by molar-refractivity contribution is -0.332. The van der Waals surface area contributed by atoms with Crippen LogP contribution in [0.4, 0.5) is 0 Å². The normalized spacial score (nSPS) is 47.7. The molecule has 0 aromatic carbocycles. The highest BCUT2D eigenvalue weighted by Gasteiger charge is 2.58. The molecule has 0 aromatic heterocycles. The fourth-order valence-corrected chi connectivity index (χ4v) is 6.56. The van der Waals surface area contributed by atoms with Gasteiger partial charge in [0.15, 0.2) is 5.79 Å². The Morgan fingerprint density at radius 2 is 1.95 bits per heavy atom. The van der Waals surface area contributed by atoms with Crippen LogP contribution in [0.2, 0.25) is 0 Å². The van der Waals surface area contributed by atoms with Crippen molar-refractivity contribution in [3.05, 3.63) is 59.3 Å². The number of rotatable bonds is 0. The molecule has 5 rings (SSSR count). The summed E-state index contributed by atoms with van der Waals surface area (Å²) >= 11 is 0. The van der Waals surface area contributed by atoms with Gasteiger partial charge in [0.2, 0.25) is 0 Å². The first kappa shape index (κ1) is 27.5. The van der Waals surface area contributed by atoms with Crippen LogP contribution in [-0.4, -0.2) is 64.7 Å². The predicted molar refractivity (Wildman–Crippen MR) is 143 cm³/mol. The number of carbonyl (C=O) groups excluding carboxylic acids is 1. The van der Waals surface area contributed by atoms with Crippen LogP contribution >= 0.6 is 0 Å². The van der Waals surface area contributed by atoms with Crippen molar-refractivity contribution >= 4 is 5.97 Å². The number of aliphatic hydroxyl groups excluding tert-OH is 1. The Morgan fingerprint density at radius 1 is 1.16 bits per heavy atom. The minimum Gasteiger partial charge on any atom is -0.459 e. The molecule has 0 aromatic rings. The summed E-state index contributed by atoms with van der Waals surface area (Å²) in [6, 6.07) is 0. The van der Waals surface area contributed by atoms with E-state index in [-0.39, 0.29) is 30.3 Å². The van der Waals surface area contributed by atoms with E-state index >= 15 is 0 Å². The Hall–Kier alpha value is -2.03. The van der Waals surface area contributed by atoms with Crippen molar-refractivity contribution in [3.63, 3.8) is 0 Å².